The maximum atomic E-state index is 11.0. The third-order valence-electron chi connectivity index (χ3n) is 4.31. The third-order valence-corrected chi connectivity index (χ3v) is 4.31. The van der Waals surface area contributed by atoms with Gasteiger partial charge in [-0.3, -0.25) is 0 Å². The predicted octanol–water partition coefficient (Wildman–Crippen LogP) is 5.67. The van der Waals surface area contributed by atoms with E-state index in [1.54, 1.807) is 14.1 Å². The molecular weight excluding hydrogens is 380 g/mol. The maximum absolute atomic E-state index is 11.0. The van der Waals surface area contributed by atoms with E-state index in [1.165, 1.54) is 11.1 Å². The van der Waals surface area contributed by atoms with Crippen LogP contribution in [-0.2, 0) is 0 Å². The standard InChI is InChI=1S/2C12H17NO2/c2*1-8(2)10-5-9(3)6-11(7-10)15-12(14)13-4/h2*5-8H,1-4H3,(H,13,14). The lowest BCUT2D eigenvalue weighted by atomic mass is 10.0. The highest BCUT2D eigenvalue weighted by Crippen LogP contribution is 2.23. The summed E-state index contributed by atoms with van der Waals surface area (Å²) in [7, 11) is 3.09. The van der Waals surface area contributed by atoms with Crippen molar-refractivity contribution in [2.75, 3.05) is 14.1 Å². The molecule has 0 saturated carbocycles. The van der Waals surface area contributed by atoms with Crippen LogP contribution in [0.5, 0.6) is 11.5 Å². The van der Waals surface area contributed by atoms with E-state index in [2.05, 4.69) is 50.5 Å². The monoisotopic (exact) mass is 414 g/mol. The third kappa shape index (κ3) is 8.55. The average molecular weight is 415 g/mol. The summed E-state index contributed by atoms with van der Waals surface area (Å²) in [5.41, 5.74) is 4.54. The Balaban J connectivity index is 0.000000300. The fourth-order valence-electron chi connectivity index (χ4n) is 2.65. The molecule has 0 saturated heterocycles. The number of nitrogens with one attached hydrogen (secondary N) is 2. The van der Waals surface area contributed by atoms with Crippen LogP contribution in [0.1, 0.15) is 61.8 Å². The zero-order valence-corrected chi connectivity index (χ0v) is 19.3. The van der Waals surface area contributed by atoms with Crippen molar-refractivity contribution in [2.24, 2.45) is 0 Å². The van der Waals surface area contributed by atoms with Crippen molar-refractivity contribution >= 4 is 12.2 Å². The van der Waals surface area contributed by atoms with Crippen molar-refractivity contribution in [3.05, 3.63) is 58.7 Å². The number of rotatable bonds is 4. The Morgan fingerprint density at radius 1 is 0.667 bits per heavy atom. The van der Waals surface area contributed by atoms with Gasteiger partial charge >= 0.3 is 12.2 Å². The lowest BCUT2D eigenvalue weighted by Crippen LogP contribution is -2.22. The molecule has 0 aliphatic carbocycles. The number of amides is 2. The van der Waals surface area contributed by atoms with Gasteiger partial charge in [0.05, 0.1) is 0 Å². The molecule has 6 heteroatoms. The van der Waals surface area contributed by atoms with E-state index in [0.717, 1.165) is 11.1 Å². The van der Waals surface area contributed by atoms with Gasteiger partial charge in [-0.25, -0.2) is 9.59 Å². The van der Waals surface area contributed by atoms with Crippen LogP contribution in [0.3, 0.4) is 0 Å². The minimum absolute atomic E-state index is 0.428. The highest BCUT2D eigenvalue weighted by Gasteiger charge is 2.07. The van der Waals surface area contributed by atoms with Crippen LogP contribution in [0.2, 0.25) is 0 Å². The zero-order chi connectivity index (χ0) is 22.8. The number of benzene rings is 2. The summed E-state index contributed by atoms with van der Waals surface area (Å²) in [6, 6.07) is 11.7. The van der Waals surface area contributed by atoms with Gasteiger partial charge in [0.15, 0.2) is 0 Å². The Hall–Kier alpha value is -3.02. The molecule has 0 atom stereocenters. The van der Waals surface area contributed by atoms with E-state index in [-0.39, 0.29) is 0 Å². The molecule has 6 nitrogen and oxygen atoms in total. The average Bonchev–Trinajstić information content (AvgIpc) is 2.67. The van der Waals surface area contributed by atoms with Crippen molar-refractivity contribution in [1.82, 2.24) is 10.6 Å². The lowest BCUT2D eigenvalue weighted by molar-refractivity contribution is 0.202. The first-order valence-electron chi connectivity index (χ1n) is 10.1. The van der Waals surface area contributed by atoms with Crippen molar-refractivity contribution in [2.45, 2.75) is 53.4 Å². The summed E-state index contributed by atoms with van der Waals surface area (Å²) in [5.74, 6) is 2.05. The minimum Gasteiger partial charge on any atom is -0.410 e. The fraction of sp³-hybridized carbons (Fsp3) is 0.417. The molecule has 2 rings (SSSR count). The quantitative estimate of drug-likeness (QED) is 0.675. The van der Waals surface area contributed by atoms with Crippen LogP contribution in [0.4, 0.5) is 9.59 Å². The van der Waals surface area contributed by atoms with E-state index in [1.807, 2.05) is 38.1 Å². The zero-order valence-electron chi connectivity index (χ0n) is 19.3. The largest absolute Gasteiger partial charge is 0.412 e. The SMILES string of the molecule is CNC(=O)Oc1cc(C)cc(C(C)C)c1.CNC(=O)Oc1cc(C)cc(C(C)C)c1. The van der Waals surface area contributed by atoms with Crippen molar-refractivity contribution in [1.29, 1.82) is 0 Å². The molecule has 2 N–H and O–H groups in total. The highest BCUT2D eigenvalue weighted by molar-refractivity contribution is 5.70. The van der Waals surface area contributed by atoms with E-state index < -0.39 is 12.2 Å². The second-order valence-corrected chi connectivity index (χ2v) is 7.75. The number of carbonyl (C=O) groups excluding carboxylic acids is 2. The van der Waals surface area contributed by atoms with Crippen LogP contribution in [0.15, 0.2) is 36.4 Å². The van der Waals surface area contributed by atoms with E-state index in [9.17, 15) is 9.59 Å². The summed E-state index contributed by atoms with van der Waals surface area (Å²) in [6.45, 7) is 12.4. The smallest absolute Gasteiger partial charge is 0.410 e. The Labute approximate surface area is 180 Å². The Morgan fingerprint density at radius 2 is 1.00 bits per heavy atom. The molecule has 164 valence electrons. The van der Waals surface area contributed by atoms with Crippen LogP contribution < -0.4 is 20.1 Å². The number of carbonyl (C=O) groups is 2. The van der Waals surface area contributed by atoms with Crippen LogP contribution >= 0.6 is 0 Å². The van der Waals surface area contributed by atoms with Crippen LogP contribution in [0, 0.1) is 13.8 Å². The summed E-state index contributed by atoms with van der Waals surface area (Å²) >= 11 is 0. The molecule has 0 bridgehead atoms. The Morgan fingerprint density at radius 3 is 1.27 bits per heavy atom. The molecule has 0 radical (unpaired) electrons. The van der Waals surface area contributed by atoms with Crippen LogP contribution in [-0.4, -0.2) is 26.3 Å². The highest BCUT2D eigenvalue weighted by atomic mass is 16.6. The first-order valence-corrected chi connectivity index (χ1v) is 10.1. The molecule has 2 aromatic carbocycles. The Kier molecular flexibility index (Phi) is 9.89. The van der Waals surface area contributed by atoms with Gasteiger partial charge in [0.2, 0.25) is 0 Å². The van der Waals surface area contributed by atoms with Gasteiger partial charge in [-0.15, -0.1) is 0 Å². The van der Waals surface area contributed by atoms with Gasteiger partial charge in [0.25, 0.3) is 0 Å². The van der Waals surface area contributed by atoms with Gasteiger partial charge in [-0.05, 0) is 72.2 Å². The molecule has 0 fully saturated rings. The van der Waals surface area contributed by atoms with Gasteiger partial charge < -0.3 is 20.1 Å². The number of aryl methyl sites for hydroxylation is 2. The van der Waals surface area contributed by atoms with Crippen molar-refractivity contribution in [3.63, 3.8) is 0 Å². The normalized spacial score (nSPS) is 10.2. The van der Waals surface area contributed by atoms with E-state index in [4.69, 9.17) is 9.47 Å². The van der Waals surface area contributed by atoms with Gasteiger partial charge in [-0.2, -0.15) is 0 Å². The predicted molar refractivity (Wildman–Crippen MR) is 121 cm³/mol. The topological polar surface area (TPSA) is 76.7 Å². The molecule has 0 aliphatic rings. The molecule has 2 amide bonds. The number of ether oxygens (including phenoxy) is 2. The molecule has 2 aromatic rings. The molecule has 0 aromatic heterocycles. The Bertz CT molecular complexity index is 789. The van der Waals surface area contributed by atoms with Gasteiger partial charge in [-0.1, -0.05) is 39.8 Å². The minimum atomic E-state index is -0.435. The first-order chi connectivity index (χ1) is 14.0. The maximum Gasteiger partial charge on any atom is 0.412 e. The lowest BCUT2D eigenvalue weighted by Gasteiger charge is -2.10. The summed E-state index contributed by atoms with van der Waals surface area (Å²) in [6.07, 6.45) is -0.870. The first kappa shape index (κ1) is 25.0. The van der Waals surface area contributed by atoms with E-state index >= 15 is 0 Å². The van der Waals surface area contributed by atoms with E-state index in [0.29, 0.717) is 23.3 Å². The van der Waals surface area contributed by atoms with Crippen molar-refractivity contribution < 1.29 is 19.1 Å². The number of hydrogen-bond acceptors (Lipinski definition) is 4. The molecular formula is C24H34N2O4. The van der Waals surface area contributed by atoms with Gasteiger partial charge in [0, 0.05) is 14.1 Å². The second kappa shape index (κ2) is 11.9. The molecule has 0 spiro atoms. The summed E-state index contributed by atoms with van der Waals surface area (Å²) in [5, 5.41) is 4.84. The molecule has 0 heterocycles. The number of hydrogen-bond donors (Lipinski definition) is 2. The molecule has 0 aliphatic heterocycles. The summed E-state index contributed by atoms with van der Waals surface area (Å²) in [4.78, 5) is 22.1. The molecule has 30 heavy (non-hydrogen) atoms. The van der Waals surface area contributed by atoms with Gasteiger partial charge in [0.1, 0.15) is 11.5 Å². The summed E-state index contributed by atoms with van der Waals surface area (Å²) < 4.78 is 10.2. The fourth-order valence-corrected chi connectivity index (χ4v) is 2.65. The molecule has 0 unspecified atom stereocenters. The second-order valence-electron chi connectivity index (χ2n) is 7.75. The van der Waals surface area contributed by atoms with Crippen molar-refractivity contribution in [3.8, 4) is 11.5 Å². The van der Waals surface area contributed by atoms with Crippen LogP contribution in [0.25, 0.3) is 0 Å².